The molecule has 1 aromatic rings. The maximum atomic E-state index is 12.8. The molecule has 5 nitrogen and oxygen atoms in total. The second-order valence-corrected chi connectivity index (χ2v) is 4.94. The van der Waals surface area contributed by atoms with Gasteiger partial charge in [0, 0.05) is 13.7 Å². The Labute approximate surface area is 145 Å². The number of nitrogens with one attached hydrogen (secondary N) is 2. The third kappa shape index (κ3) is 8.37. The first-order valence-electron chi connectivity index (χ1n) is 7.12. The molecule has 2 N–H and O–H groups in total. The van der Waals surface area contributed by atoms with Gasteiger partial charge in [-0.3, -0.25) is 4.79 Å². The van der Waals surface area contributed by atoms with Gasteiger partial charge in [0.25, 0.3) is 0 Å². The normalized spacial score (nSPS) is 12.2. The van der Waals surface area contributed by atoms with Crippen molar-refractivity contribution in [2.24, 2.45) is 0 Å². The molecule has 1 atom stereocenters. The summed E-state index contributed by atoms with van der Waals surface area (Å²) in [6, 6.07) is 4.55. The highest BCUT2D eigenvalue weighted by Crippen LogP contribution is 2.35. The van der Waals surface area contributed by atoms with Crippen molar-refractivity contribution in [2.45, 2.75) is 19.1 Å². The molecule has 0 saturated heterocycles. The first-order chi connectivity index (χ1) is 10.8. The molecule has 0 aliphatic heterocycles. The molecule has 0 bridgehead atoms. The topological polar surface area (TPSA) is 59.6 Å². The summed E-state index contributed by atoms with van der Waals surface area (Å²) in [7, 11) is 1.56. The Kier molecular flexibility index (Phi) is 10.4. The minimum atomic E-state index is -4.48. The number of hydrogen-bond donors (Lipinski definition) is 2. The summed E-state index contributed by atoms with van der Waals surface area (Å²) in [6.45, 7) is 2.72. The van der Waals surface area contributed by atoms with Crippen molar-refractivity contribution in [1.82, 2.24) is 10.6 Å². The molecule has 0 aliphatic carbocycles. The molecule has 1 amide bonds. The SMILES string of the molecule is COCCNCC(=O)NC(C)COc1ccccc1C(F)(F)F.Cl. The standard InChI is InChI=1S/C15H21F3N2O3.ClH/c1-11(20-14(21)9-19-7-8-22-2)10-23-13-6-4-3-5-12(13)15(16,17)18;/h3-6,11,19H,7-10H2,1-2H3,(H,20,21);1H. The predicted molar refractivity (Wildman–Crippen MR) is 86.5 cm³/mol. The van der Waals surface area contributed by atoms with Gasteiger partial charge in [-0.25, -0.2) is 0 Å². The van der Waals surface area contributed by atoms with Crippen LogP contribution in [0.2, 0.25) is 0 Å². The largest absolute Gasteiger partial charge is 0.491 e. The fourth-order valence-electron chi connectivity index (χ4n) is 1.79. The van der Waals surface area contributed by atoms with E-state index in [-0.39, 0.29) is 37.2 Å². The second kappa shape index (κ2) is 11.1. The molecule has 1 unspecified atom stereocenters. The number of benzene rings is 1. The van der Waals surface area contributed by atoms with Gasteiger partial charge in [-0.2, -0.15) is 13.2 Å². The summed E-state index contributed by atoms with van der Waals surface area (Å²) in [5.74, 6) is -0.513. The van der Waals surface area contributed by atoms with Crippen molar-refractivity contribution in [3.05, 3.63) is 29.8 Å². The third-order valence-electron chi connectivity index (χ3n) is 2.86. The molecule has 24 heavy (non-hydrogen) atoms. The van der Waals surface area contributed by atoms with Gasteiger partial charge in [0.1, 0.15) is 12.4 Å². The molecule has 1 aromatic carbocycles. The predicted octanol–water partition coefficient (Wildman–Crippen LogP) is 2.25. The van der Waals surface area contributed by atoms with Gasteiger partial charge in [-0.1, -0.05) is 12.1 Å². The molecule has 0 spiro atoms. The minimum Gasteiger partial charge on any atom is -0.491 e. The number of methoxy groups -OCH3 is 1. The number of carbonyl (C=O) groups excluding carboxylic acids is 1. The van der Waals surface area contributed by atoms with Gasteiger partial charge >= 0.3 is 6.18 Å². The number of ether oxygens (including phenoxy) is 2. The van der Waals surface area contributed by atoms with Crippen LogP contribution in [0.25, 0.3) is 0 Å². The van der Waals surface area contributed by atoms with E-state index >= 15 is 0 Å². The first kappa shape index (κ1) is 22.5. The van der Waals surface area contributed by atoms with Gasteiger partial charge in [0.05, 0.1) is 24.8 Å². The Morgan fingerprint density at radius 2 is 1.96 bits per heavy atom. The van der Waals surface area contributed by atoms with Crippen LogP contribution < -0.4 is 15.4 Å². The highest BCUT2D eigenvalue weighted by atomic mass is 35.5. The molecule has 138 valence electrons. The highest BCUT2D eigenvalue weighted by molar-refractivity contribution is 5.85. The summed E-state index contributed by atoms with van der Waals surface area (Å²) in [5.41, 5.74) is -0.834. The Morgan fingerprint density at radius 1 is 1.29 bits per heavy atom. The number of alkyl halides is 3. The van der Waals surface area contributed by atoms with E-state index < -0.39 is 17.8 Å². The monoisotopic (exact) mass is 370 g/mol. The van der Waals surface area contributed by atoms with E-state index in [1.807, 2.05) is 0 Å². The number of hydrogen-bond acceptors (Lipinski definition) is 4. The van der Waals surface area contributed by atoms with E-state index in [4.69, 9.17) is 9.47 Å². The summed E-state index contributed by atoms with van der Waals surface area (Å²) in [4.78, 5) is 11.6. The van der Waals surface area contributed by atoms with Crippen LogP contribution in [0.4, 0.5) is 13.2 Å². The van der Waals surface area contributed by atoms with E-state index in [0.717, 1.165) is 6.07 Å². The molecular weight excluding hydrogens is 349 g/mol. The van der Waals surface area contributed by atoms with E-state index in [9.17, 15) is 18.0 Å². The average molecular weight is 371 g/mol. The van der Waals surface area contributed by atoms with E-state index in [2.05, 4.69) is 10.6 Å². The fraction of sp³-hybridized carbons (Fsp3) is 0.533. The Morgan fingerprint density at radius 3 is 2.58 bits per heavy atom. The van der Waals surface area contributed by atoms with Crippen LogP contribution in [0.15, 0.2) is 24.3 Å². The van der Waals surface area contributed by atoms with Crippen LogP contribution in [-0.2, 0) is 15.7 Å². The lowest BCUT2D eigenvalue weighted by molar-refractivity contribution is -0.139. The Balaban J connectivity index is 0.00000529. The summed E-state index contributed by atoms with van der Waals surface area (Å²) in [5, 5.41) is 5.50. The maximum Gasteiger partial charge on any atom is 0.419 e. The smallest absolute Gasteiger partial charge is 0.419 e. The van der Waals surface area contributed by atoms with Crippen molar-refractivity contribution < 1.29 is 27.4 Å². The van der Waals surface area contributed by atoms with Gasteiger partial charge in [0.2, 0.25) is 5.91 Å². The maximum absolute atomic E-state index is 12.8. The van der Waals surface area contributed by atoms with Gasteiger partial charge in [0.15, 0.2) is 0 Å². The zero-order valence-corrected chi connectivity index (χ0v) is 14.3. The number of amides is 1. The van der Waals surface area contributed by atoms with Crippen LogP contribution in [0.1, 0.15) is 12.5 Å². The molecule has 9 heteroatoms. The number of halogens is 4. The molecule has 0 aliphatic rings. The van der Waals surface area contributed by atoms with E-state index in [0.29, 0.717) is 13.2 Å². The van der Waals surface area contributed by atoms with E-state index in [1.54, 1.807) is 14.0 Å². The summed E-state index contributed by atoms with van der Waals surface area (Å²) < 4.78 is 48.5. The van der Waals surface area contributed by atoms with Crippen molar-refractivity contribution >= 4 is 18.3 Å². The van der Waals surface area contributed by atoms with Gasteiger partial charge in [-0.05, 0) is 19.1 Å². The molecule has 0 saturated carbocycles. The number of para-hydroxylation sites is 1. The van der Waals surface area contributed by atoms with Crippen molar-refractivity contribution in [1.29, 1.82) is 0 Å². The van der Waals surface area contributed by atoms with Crippen LogP contribution >= 0.6 is 12.4 Å². The summed E-state index contributed by atoms with van der Waals surface area (Å²) in [6.07, 6.45) is -4.48. The molecule has 0 fully saturated rings. The first-order valence-corrected chi connectivity index (χ1v) is 7.12. The van der Waals surface area contributed by atoms with Crippen LogP contribution in [0, 0.1) is 0 Å². The molecular formula is C15H22ClF3N2O3. The molecule has 1 rings (SSSR count). The zero-order valence-electron chi connectivity index (χ0n) is 13.5. The van der Waals surface area contributed by atoms with Crippen LogP contribution in [-0.4, -0.2) is 45.4 Å². The Hall–Kier alpha value is -1.51. The lowest BCUT2D eigenvalue weighted by Gasteiger charge is -2.18. The van der Waals surface area contributed by atoms with E-state index in [1.165, 1.54) is 18.2 Å². The lowest BCUT2D eigenvalue weighted by atomic mass is 10.2. The van der Waals surface area contributed by atoms with Crippen LogP contribution in [0.3, 0.4) is 0 Å². The summed E-state index contributed by atoms with van der Waals surface area (Å²) >= 11 is 0. The van der Waals surface area contributed by atoms with Crippen molar-refractivity contribution in [2.75, 3.05) is 33.4 Å². The molecule has 0 radical (unpaired) electrons. The molecule has 0 aromatic heterocycles. The molecule has 0 heterocycles. The Bertz CT molecular complexity index is 501. The second-order valence-electron chi connectivity index (χ2n) is 4.94. The zero-order chi connectivity index (χ0) is 17.3. The fourth-order valence-corrected chi connectivity index (χ4v) is 1.79. The average Bonchev–Trinajstić information content (AvgIpc) is 2.49. The van der Waals surface area contributed by atoms with Crippen molar-refractivity contribution in [3.8, 4) is 5.75 Å². The van der Waals surface area contributed by atoms with Gasteiger partial charge in [-0.15, -0.1) is 12.4 Å². The van der Waals surface area contributed by atoms with Crippen LogP contribution in [0.5, 0.6) is 5.75 Å². The lowest BCUT2D eigenvalue weighted by Crippen LogP contribution is -2.42. The van der Waals surface area contributed by atoms with Gasteiger partial charge < -0.3 is 20.1 Å². The number of carbonyl (C=O) groups is 1. The highest BCUT2D eigenvalue weighted by Gasteiger charge is 2.34. The quantitative estimate of drug-likeness (QED) is 0.655. The third-order valence-corrected chi connectivity index (χ3v) is 2.86. The number of rotatable bonds is 9. The van der Waals surface area contributed by atoms with Crippen molar-refractivity contribution in [3.63, 3.8) is 0 Å². The minimum absolute atomic E-state index is 0.